The molecule has 1 fully saturated rings. The topological polar surface area (TPSA) is 29.9 Å². The number of benzene rings is 1. The summed E-state index contributed by atoms with van der Waals surface area (Å²) < 4.78 is 2.19. The molecule has 1 atom stereocenters. The smallest absolute Gasteiger partial charge is 0.0994 e. The van der Waals surface area contributed by atoms with Crippen LogP contribution in [0.25, 0.3) is 5.69 Å². The molecule has 2 aromatic rings. The number of aryl methyl sites for hydroxylation is 1. The highest BCUT2D eigenvalue weighted by molar-refractivity contribution is 6.30. The second-order valence-electron chi connectivity index (χ2n) is 5.57. The fourth-order valence-electron chi connectivity index (χ4n) is 2.86. The third kappa shape index (κ3) is 2.17. The largest absolute Gasteiger partial charge is 0.316 e. The highest BCUT2D eigenvalue weighted by Gasteiger charge is 2.33. The van der Waals surface area contributed by atoms with Crippen LogP contribution in [0.5, 0.6) is 0 Å². The Hall–Kier alpha value is -1.32. The van der Waals surface area contributed by atoms with Crippen LogP contribution in [0.3, 0.4) is 0 Å². The van der Waals surface area contributed by atoms with Gasteiger partial charge in [-0.2, -0.15) is 0 Å². The van der Waals surface area contributed by atoms with Crippen molar-refractivity contribution in [2.45, 2.75) is 25.7 Å². The zero-order valence-electron chi connectivity index (χ0n) is 11.3. The van der Waals surface area contributed by atoms with Gasteiger partial charge in [-0.3, -0.25) is 0 Å². The average Bonchev–Trinajstić information content (AvgIpc) is 2.98. The number of imidazole rings is 1. The number of rotatable bonds is 2. The van der Waals surface area contributed by atoms with Gasteiger partial charge in [-0.05, 0) is 43.7 Å². The molecule has 2 heterocycles. The first kappa shape index (κ1) is 12.7. The minimum absolute atomic E-state index is 0.155. The van der Waals surface area contributed by atoms with Gasteiger partial charge in [0.2, 0.25) is 0 Å². The molecule has 1 aromatic carbocycles. The van der Waals surface area contributed by atoms with Crippen LogP contribution in [0.2, 0.25) is 5.02 Å². The van der Waals surface area contributed by atoms with Crippen molar-refractivity contribution >= 4 is 11.6 Å². The summed E-state index contributed by atoms with van der Waals surface area (Å²) in [4.78, 5) is 4.35. The lowest BCUT2D eigenvalue weighted by Gasteiger charge is -2.25. The summed E-state index contributed by atoms with van der Waals surface area (Å²) in [5, 5.41) is 4.22. The first-order chi connectivity index (χ1) is 9.10. The van der Waals surface area contributed by atoms with E-state index < -0.39 is 0 Å². The zero-order chi connectivity index (χ0) is 13.5. The van der Waals surface area contributed by atoms with Crippen molar-refractivity contribution in [1.82, 2.24) is 14.9 Å². The third-order valence-electron chi connectivity index (χ3n) is 4.04. The van der Waals surface area contributed by atoms with E-state index >= 15 is 0 Å². The van der Waals surface area contributed by atoms with Crippen molar-refractivity contribution < 1.29 is 0 Å². The van der Waals surface area contributed by atoms with Crippen LogP contribution in [-0.4, -0.2) is 22.6 Å². The van der Waals surface area contributed by atoms with E-state index in [1.54, 1.807) is 0 Å². The molecule has 4 heteroatoms. The molecule has 19 heavy (non-hydrogen) atoms. The molecule has 1 N–H and O–H groups in total. The van der Waals surface area contributed by atoms with Gasteiger partial charge >= 0.3 is 0 Å². The lowest BCUT2D eigenvalue weighted by Crippen LogP contribution is -2.27. The molecule has 1 saturated heterocycles. The quantitative estimate of drug-likeness (QED) is 0.913. The van der Waals surface area contributed by atoms with Crippen LogP contribution in [0.1, 0.15) is 24.6 Å². The number of aromatic nitrogens is 2. The minimum atomic E-state index is 0.155. The van der Waals surface area contributed by atoms with Gasteiger partial charge in [0, 0.05) is 34.6 Å². The van der Waals surface area contributed by atoms with Crippen LogP contribution in [-0.2, 0) is 5.41 Å². The second-order valence-corrected chi connectivity index (χ2v) is 6.00. The van der Waals surface area contributed by atoms with E-state index in [9.17, 15) is 0 Å². The normalized spacial score (nSPS) is 22.9. The maximum Gasteiger partial charge on any atom is 0.0994 e. The van der Waals surface area contributed by atoms with E-state index in [0.29, 0.717) is 0 Å². The lowest BCUT2D eigenvalue weighted by molar-refractivity contribution is 0.498. The highest BCUT2D eigenvalue weighted by Crippen LogP contribution is 2.32. The van der Waals surface area contributed by atoms with Crippen molar-refractivity contribution in [2.24, 2.45) is 0 Å². The molecule has 0 radical (unpaired) electrons. The Morgan fingerprint density at radius 1 is 1.42 bits per heavy atom. The van der Waals surface area contributed by atoms with Crippen molar-refractivity contribution in [3.05, 3.63) is 47.0 Å². The zero-order valence-corrected chi connectivity index (χ0v) is 12.0. The molecule has 1 aromatic heterocycles. The fraction of sp³-hybridized carbons (Fsp3) is 0.400. The van der Waals surface area contributed by atoms with Crippen molar-refractivity contribution in [3.63, 3.8) is 0 Å². The van der Waals surface area contributed by atoms with Crippen molar-refractivity contribution in [1.29, 1.82) is 0 Å². The average molecular weight is 276 g/mol. The Morgan fingerprint density at radius 3 is 2.95 bits per heavy atom. The summed E-state index contributed by atoms with van der Waals surface area (Å²) in [5.41, 5.74) is 3.75. The highest BCUT2D eigenvalue weighted by atomic mass is 35.5. The molecule has 0 saturated carbocycles. The predicted octanol–water partition coefficient (Wildman–Crippen LogP) is 3.09. The molecular weight excluding hydrogens is 258 g/mol. The Kier molecular flexibility index (Phi) is 3.11. The predicted molar refractivity (Wildman–Crippen MR) is 78.1 cm³/mol. The Labute approximate surface area is 118 Å². The summed E-state index contributed by atoms with van der Waals surface area (Å²) in [5.74, 6) is 0. The Balaban J connectivity index is 2.09. The number of halogens is 1. The van der Waals surface area contributed by atoms with Gasteiger partial charge in [0.05, 0.1) is 6.33 Å². The summed E-state index contributed by atoms with van der Waals surface area (Å²) >= 11 is 6.04. The van der Waals surface area contributed by atoms with Gasteiger partial charge in [-0.25, -0.2) is 4.98 Å². The first-order valence-electron chi connectivity index (χ1n) is 6.60. The molecule has 0 aliphatic carbocycles. The summed E-state index contributed by atoms with van der Waals surface area (Å²) in [6, 6.07) is 5.99. The van der Waals surface area contributed by atoms with E-state index in [2.05, 4.69) is 34.8 Å². The first-order valence-corrected chi connectivity index (χ1v) is 6.98. The molecule has 3 rings (SSSR count). The molecule has 0 spiro atoms. The molecule has 1 aliphatic heterocycles. The van der Waals surface area contributed by atoms with Gasteiger partial charge in [0.15, 0.2) is 0 Å². The SMILES string of the molecule is Cc1cc(Cl)ccc1-n1cncc1C1(C)CCNC1. The van der Waals surface area contributed by atoms with E-state index in [1.165, 1.54) is 11.3 Å². The number of hydrogen-bond acceptors (Lipinski definition) is 2. The van der Waals surface area contributed by atoms with E-state index in [-0.39, 0.29) is 5.41 Å². The molecule has 1 aliphatic rings. The van der Waals surface area contributed by atoms with Gasteiger partial charge in [0.1, 0.15) is 0 Å². The summed E-state index contributed by atoms with van der Waals surface area (Å²) in [6.07, 6.45) is 5.03. The van der Waals surface area contributed by atoms with E-state index in [0.717, 1.165) is 30.2 Å². The number of hydrogen-bond donors (Lipinski definition) is 1. The molecule has 1 unspecified atom stereocenters. The Morgan fingerprint density at radius 2 is 2.26 bits per heavy atom. The molecule has 0 bridgehead atoms. The second kappa shape index (κ2) is 4.66. The van der Waals surface area contributed by atoms with Crippen LogP contribution >= 0.6 is 11.6 Å². The molecule has 0 amide bonds. The van der Waals surface area contributed by atoms with Crippen molar-refractivity contribution in [2.75, 3.05) is 13.1 Å². The molecule has 100 valence electrons. The Bertz CT molecular complexity index is 597. The van der Waals surface area contributed by atoms with Crippen LogP contribution in [0.4, 0.5) is 0 Å². The summed E-state index contributed by atoms with van der Waals surface area (Å²) in [6.45, 7) is 6.46. The van der Waals surface area contributed by atoms with Gasteiger partial charge in [0.25, 0.3) is 0 Å². The lowest BCUT2D eigenvalue weighted by atomic mass is 9.86. The summed E-state index contributed by atoms with van der Waals surface area (Å²) in [7, 11) is 0. The standard InChI is InChI=1S/C15H18ClN3/c1-11-7-12(16)3-4-13(11)19-10-18-8-14(19)15(2)5-6-17-9-15/h3-4,7-8,10,17H,5-6,9H2,1-2H3. The van der Waals surface area contributed by atoms with E-state index in [4.69, 9.17) is 11.6 Å². The number of nitrogens with one attached hydrogen (secondary N) is 1. The maximum absolute atomic E-state index is 6.04. The van der Waals surface area contributed by atoms with Crippen LogP contribution < -0.4 is 5.32 Å². The fourth-order valence-corrected chi connectivity index (χ4v) is 3.09. The van der Waals surface area contributed by atoms with Crippen LogP contribution in [0, 0.1) is 6.92 Å². The van der Waals surface area contributed by atoms with Gasteiger partial charge < -0.3 is 9.88 Å². The minimum Gasteiger partial charge on any atom is -0.316 e. The van der Waals surface area contributed by atoms with Crippen LogP contribution in [0.15, 0.2) is 30.7 Å². The maximum atomic E-state index is 6.04. The molecular formula is C15H18ClN3. The monoisotopic (exact) mass is 275 g/mol. The van der Waals surface area contributed by atoms with Gasteiger partial charge in [-0.15, -0.1) is 0 Å². The van der Waals surface area contributed by atoms with Gasteiger partial charge in [-0.1, -0.05) is 18.5 Å². The third-order valence-corrected chi connectivity index (χ3v) is 4.28. The van der Waals surface area contributed by atoms with E-state index in [1.807, 2.05) is 24.7 Å². The number of nitrogens with zero attached hydrogens (tertiary/aromatic N) is 2. The molecule has 3 nitrogen and oxygen atoms in total. The van der Waals surface area contributed by atoms with Crippen molar-refractivity contribution in [3.8, 4) is 5.69 Å².